The van der Waals surface area contributed by atoms with Gasteiger partial charge in [0, 0.05) is 63.6 Å². The maximum atomic E-state index is 15.3. The Labute approximate surface area is 568 Å². The minimum Gasteiger partial charge on any atom is -0.493 e. The predicted molar refractivity (Wildman–Crippen MR) is 383 cm³/mol. The fourth-order valence-electron chi connectivity index (χ4n) is 14.7. The lowest BCUT2D eigenvalue weighted by atomic mass is 9.72. The number of morpholine rings is 1. The van der Waals surface area contributed by atoms with Gasteiger partial charge in [0.2, 0.25) is 5.76 Å². The van der Waals surface area contributed by atoms with E-state index < -0.39 is 0 Å². The first-order valence-corrected chi connectivity index (χ1v) is 34.3. The van der Waals surface area contributed by atoms with E-state index in [2.05, 4.69) is 118 Å². The Morgan fingerprint density at radius 3 is 1.79 bits per heavy atom. The quantitative estimate of drug-likeness (QED) is 0.0294. The van der Waals surface area contributed by atoms with Gasteiger partial charge >= 0.3 is 0 Å². The van der Waals surface area contributed by atoms with Crippen molar-refractivity contribution in [2.24, 2.45) is 5.16 Å². The second-order valence-corrected chi connectivity index (χ2v) is 27.5. The molecule has 0 spiro atoms. The minimum atomic E-state index is -0.138. The Bertz CT molecular complexity index is 3610. The van der Waals surface area contributed by atoms with E-state index in [0.29, 0.717) is 29.4 Å². The molecule has 94 heavy (non-hydrogen) atoms. The molecule has 0 aromatic heterocycles. The van der Waals surface area contributed by atoms with Gasteiger partial charge in [-0.05, 0) is 226 Å². The molecule has 2 N–H and O–H groups in total. The van der Waals surface area contributed by atoms with E-state index in [-0.39, 0.29) is 52.3 Å². The van der Waals surface area contributed by atoms with Gasteiger partial charge in [-0.25, -0.2) is 0 Å². The van der Waals surface area contributed by atoms with Gasteiger partial charge in [-0.3, -0.25) is 14.5 Å². The van der Waals surface area contributed by atoms with Crippen LogP contribution in [0.3, 0.4) is 0 Å². The highest BCUT2D eigenvalue weighted by molar-refractivity contribution is 6.30. The van der Waals surface area contributed by atoms with Crippen LogP contribution in [-0.2, 0) is 39.4 Å². The van der Waals surface area contributed by atoms with E-state index in [0.717, 1.165) is 149 Å². The first-order chi connectivity index (χ1) is 45.5. The number of para-hydroxylation sites is 2. The van der Waals surface area contributed by atoms with E-state index in [1.54, 1.807) is 13.2 Å². The molecule has 1 heterocycles. The summed E-state index contributed by atoms with van der Waals surface area (Å²) in [5.41, 5.74) is 8.82. The number of methoxy groups -OCH3 is 1. The van der Waals surface area contributed by atoms with Crippen molar-refractivity contribution in [2.45, 2.75) is 145 Å². The van der Waals surface area contributed by atoms with Crippen molar-refractivity contribution in [2.75, 3.05) is 66.9 Å². The molecule has 1 aliphatic heterocycles. The first kappa shape index (κ1) is 69.3. The molecule has 2 amide bonds. The zero-order chi connectivity index (χ0) is 66.1. The molecule has 3 saturated carbocycles. The number of amides is 2. The average molecular weight is 1310 g/mol. The summed E-state index contributed by atoms with van der Waals surface area (Å²) >= 11 is 12.7. The number of hydrogen-bond acceptors (Lipinski definition) is 11. The molecule has 0 atom stereocenters. The topological polar surface area (TPSA) is 120 Å². The highest BCUT2D eigenvalue weighted by Gasteiger charge is 2.46. The van der Waals surface area contributed by atoms with Crippen LogP contribution in [0.1, 0.15) is 129 Å². The molecule has 4 fully saturated rings. The number of benzene rings is 7. The Hall–Kier alpha value is -7.49. The lowest BCUT2D eigenvalue weighted by Crippen LogP contribution is -2.57. The van der Waals surface area contributed by atoms with E-state index in [4.69, 9.17) is 42.3 Å². The van der Waals surface area contributed by atoms with Gasteiger partial charge in [0.15, 0.2) is 11.5 Å². The van der Waals surface area contributed by atoms with Crippen molar-refractivity contribution in [1.29, 1.82) is 0 Å². The van der Waals surface area contributed by atoms with Crippen molar-refractivity contribution in [3.63, 3.8) is 0 Å². The van der Waals surface area contributed by atoms with Crippen LogP contribution in [0.2, 0.25) is 10.0 Å². The predicted octanol–water partition coefficient (Wildman–Crippen LogP) is 16.5. The Kier molecular flexibility index (Phi) is 24.2. The van der Waals surface area contributed by atoms with Crippen molar-refractivity contribution in [3.05, 3.63) is 231 Å². The number of ether oxygens (including phenoxy) is 3. The van der Waals surface area contributed by atoms with Crippen LogP contribution in [-0.4, -0.2) is 128 Å². The van der Waals surface area contributed by atoms with Crippen molar-refractivity contribution in [1.82, 2.24) is 24.9 Å². The van der Waals surface area contributed by atoms with Crippen LogP contribution in [0.25, 0.3) is 6.08 Å². The Balaban J connectivity index is 0.000000238. The number of halogens is 2. The van der Waals surface area contributed by atoms with Gasteiger partial charge in [0.25, 0.3) is 11.8 Å². The van der Waals surface area contributed by atoms with Gasteiger partial charge in [-0.2, -0.15) is 0 Å². The van der Waals surface area contributed by atoms with Gasteiger partial charge in [0.05, 0.1) is 37.3 Å². The number of carbonyl (C=O) groups excluding carboxylic acids is 2. The van der Waals surface area contributed by atoms with Gasteiger partial charge < -0.3 is 44.4 Å². The molecule has 7 aromatic rings. The van der Waals surface area contributed by atoms with E-state index in [1.165, 1.54) is 16.7 Å². The van der Waals surface area contributed by atoms with Crippen LogP contribution < -0.4 is 20.1 Å². The number of anilines is 2. The summed E-state index contributed by atoms with van der Waals surface area (Å²) < 4.78 is 17.6. The molecule has 4 aliphatic rings. The lowest BCUT2D eigenvalue weighted by molar-refractivity contribution is -0.139. The maximum Gasteiger partial charge on any atom is 0.292 e. The maximum absolute atomic E-state index is 15.3. The molecule has 0 bridgehead atoms. The van der Waals surface area contributed by atoms with E-state index in [9.17, 15) is 4.79 Å². The summed E-state index contributed by atoms with van der Waals surface area (Å²) in [7, 11) is 10.4. The van der Waals surface area contributed by atoms with Crippen LogP contribution >= 0.6 is 23.2 Å². The van der Waals surface area contributed by atoms with Crippen molar-refractivity contribution in [3.8, 4) is 11.5 Å². The van der Waals surface area contributed by atoms with Crippen molar-refractivity contribution >= 4 is 58.2 Å². The third kappa shape index (κ3) is 17.7. The summed E-state index contributed by atoms with van der Waals surface area (Å²) in [5.74, 6) is 1.22. The van der Waals surface area contributed by atoms with Gasteiger partial charge in [-0.15, -0.1) is 0 Å². The zero-order valence-electron chi connectivity index (χ0n) is 56.0. The second-order valence-electron chi connectivity index (χ2n) is 26.6. The average Bonchev–Trinajstić information content (AvgIpc) is 0.818. The number of rotatable bonds is 22. The highest BCUT2D eigenvalue weighted by Crippen LogP contribution is 2.45. The summed E-state index contributed by atoms with van der Waals surface area (Å²) in [6.07, 6.45) is 14.9. The number of carbonyl (C=O) groups is 2. The fraction of sp³-hybridized carbons (Fsp3) is 0.405. The van der Waals surface area contributed by atoms with E-state index >= 15 is 4.79 Å². The summed E-state index contributed by atoms with van der Waals surface area (Å²) in [6, 6.07) is 61.0. The van der Waals surface area contributed by atoms with Crippen LogP contribution in [0, 0.1) is 0 Å². The second kappa shape index (κ2) is 32.8. The number of oxime groups is 1. The smallest absolute Gasteiger partial charge is 0.292 e. The number of nitrogens with one attached hydrogen (secondary N) is 2. The van der Waals surface area contributed by atoms with Crippen LogP contribution in [0.5, 0.6) is 11.5 Å². The highest BCUT2D eigenvalue weighted by atomic mass is 35.5. The number of hydrogen-bond donors (Lipinski definition) is 2. The summed E-state index contributed by atoms with van der Waals surface area (Å²) in [6.45, 7) is 7.65. The molecule has 7 aromatic carbocycles. The van der Waals surface area contributed by atoms with Crippen molar-refractivity contribution < 1.29 is 28.6 Å². The van der Waals surface area contributed by atoms with Crippen LogP contribution in [0.4, 0.5) is 11.4 Å². The minimum absolute atomic E-state index is 0.0115. The lowest BCUT2D eigenvalue weighted by Gasteiger charge is -2.51. The Morgan fingerprint density at radius 1 is 0.617 bits per heavy atom. The number of likely N-dealkylation sites (N-methyl/N-ethyl adjacent to an activating group) is 2. The third-order valence-electron chi connectivity index (χ3n) is 20.1. The Morgan fingerprint density at radius 2 is 1.19 bits per heavy atom. The molecule has 1 saturated heterocycles. The largest absolute Gasteiger partial charge is 0.493 e. The van der Waals surface area contributed by atoms with Crippen LogP contribution in [0.15, 0.2) is 193 Å². The monoisotopic (exact) mass is 1310 g/mol. The molecular weight excluding hydrogens is 1210 g/mol. The van der Waals surface area contributed by atoms with Gasteiger partial charge in [0.1, 0.15) is 6.61 Å². The summed E-state index contributed by atoms with van der Waals surface area (Å²) in [4.78, 5) is 44.3. The molecule has 496 valence electrons. The molecular formula is C79H95Cl2N7O6. The number of nitrogens with zero attached hydrogens (tertiary/aromatic N) is 5. The molecule has 0 unspecified atom stereocenters. The summed E-state index contributed by atoms with van der Waals surface area (Å²) in [5, 5.41) is 12.6. The molecule has 3 aliphatic carbocycles. The third-order valence-corrected chi connectivity index (χ3v) is 20.6. The standard InChI is InChI=1S/C50H62Cl2N4O4.C29H33N3O2/c1-36(2)53-60-47(32-39-18-21-45(46(31-39)58-7)59-35-38-12-9-8-10-13-38)48(57)56(43-22-26-49(27-23-43,54(3)4)33-37-16-19-41(51)20-17-37)44-24-28-50(29-25-44,55(5)6)34-40-14-11-15-42(52)30-40;33-28(26-13-7-8-14-27(26)30-24-11-5-2-6-12-24)31-25-15-17-29(18-16-25,23-9-3-1-4-10-23)32-19-21-34-22-20-32/h8-21,30-32,43-44H,22-29,33-35H2,1-7H3;1-14,25,30H,15-22H2,(H,31,33). The first-order valence-electron chi connectivity index (χ1n) is 33.6. The fourth-order valence-corrected chi connectivity index (χ4v) is 15.1. The SMILES string of the molecule is COc1cc(C=C(ON=C(C)C)C(=O)N(C2CCC(Cc3ccc(Cl)cc3)(N(C)C)CC2)C2CCC(Cc3cccc(Cl)c3)(N(C)C)CC2)ccc1OCc1ccccc1.O=C(NC1CCC(c2ccccc2)(N2CCOCC2)CC1)c1ccccc1Nc1ccccc1. The molecule has 13 nitrogen and oxygen atoms in total. The normalized spacial score (nSPS) is 22.5. The zero-order valence-corrected chi connectivity index (χ0v) is 57.5. The van der Waals surface area contributed by atoms with Gasteiger partial charge in [-0.1, -0.05) is 150 Å². The molecule has 11 rings (SSSR count). The van der Waals surface area contributed by atoms with E-state index in [1.807, 2.05) is 141 Å². The molecule has 0 radical (unpaired) electrons. The molecule has 15 heteroatoms.